The molecule has 0 aliphatic heterocycles. The van der Waals surface area contributed by atoms with Gasteiger partial charge in [-0.1, -0.05) is 6.07 Å². The highest BCUT2D eigenvalue weighted by Gasteiger charge is 2.08. The maximum absolute atomic E-state index is 12.0. The van der Waals surface area contributed by atoms with E-state index in [4.69, 9.17) is 10.5 Å². The third kappa shape index (κ3) is 3.57. The van der Waals surface area contributed by atoms with Crippen LogP contribution in [0.1, 0.15) is 18.0 Å². The van der Waals surface area contributed by atoms with Gasteiger partial charge in [0.25, 0.3) is 0 Å². The van der Waals surface area contributed by atoms with Crippen molar-refractivity contribution >= 4 is 12.4 Å². The monoisotopic (exact) mass is 235 g/mol. The van der Waals surface area contributed by atoms with Crippen LogP contribution in [-0.4, -0.2) is 18.9 Å². The first kappa shape index (κ1) is 14.0. The Bertz CT molecular complexity index is 309. The summed E-state index contributed by atoms with van der Waals surface area (Å²) in [5.41, 5.74) is 6.38. The van der Waals surface area contributed by atoms with E-state index < -0.39 is 6.67 Å². The minimum Gasteiger partial charge on any atom is -0.504 e. The van der Waals surface area contributed by atoms with E-state index in [0.717, 1.165) is 0 Å². The number of halogens is 2. The lowest BCUT2D eigenvalue weighted by Gasteiger charge is -2.11. The van der Waals surface area contributed by atoms with E-state index in [2.05, 4.69) is 0 Å². The lowest BCUT2D eigenvalue weighted by Crippen LogP contribution is -2.10. The van der Waals surface area contributed by atoms with Gasteiger partial charge in [-0.15, -0.1) is 12.4 Å². The molecule has 0 saturated heterocycles. The molecule has 0 fully saturated rings. The second-order valence-electron chi connectivity index (χ2n) is 3.02. The van der Waals surface area contributed by atoms with Gasteiger partial charge in [-0.05, 0) is 24.1 Å². The molecule has 0 amide bonds. The summed E-state index contributed by atoms with van der Waals surface area (Å²) in [5.74, 6) is 0.417. The van der Waals surface area contributed by atoms with Crippen molar-refractivity contribution in [1.29, 1.82) is 0 Å². The molecule has 0 aliphatic rings. The number of phenolic OH excluding ortho intramolecular Hbond substituents is 1. The zero-order chi connectivity index (χ0) is 10.6. The Labute approximate surface area is 94.5 Å². The SMILES string of the molecule is COc1ccc([C@@H](N)CCF)cc1O.Cl. The number of alkyl halides is 1. The molecule has 0 radical (unpaired) electrons. The first-order chi connectivity index (χ1) is 6.69. The van der Waals surface area contributed by atoms with Crippen molar-refractivity contribution in [3.05, 3.63) is 23.8 Å². The van der Waals surface area contributed by atoms with Crippen LogP contribution in [0.25, 0.3) is 0 Å². The molecule has 0 unspecified atom stereocenters. The molecule has 5 heteroatoms. The fourth-order valence-corrected chi connectivity index (χ4v) is 1.22. The molecule has 0 aromatic heterocycles. The lowest BCUT2D eigenvalue weighted by atomic mass is 10.0. The molecule has 3 N–H and O–H groups in total. The average Bonchev–Trinajstić information content (AvgIpc) is 2.18. The first-order valence-electron chi connectivity index (χ1n) is 4.37. The van der Waals surface area contributed by atoms with Gasteiger partial charge in [0.1, 0.15) is 0 Å². The summed E-state index contributed by atoms with van der Waals surface area (Å²) >= 11 is 0. The third-order valence-corrected chi connectivity index (χ3v) is 2.05. The number of nitrogens with two attached hydrogens (primary N) is 1. The molecular formula is C10H15ClFNO2. The molecule has 0 saturated carbocycles. The second-order valence-corrected chi connectivity index (χ2v) is 3.02. The maximum atomic E-state index is 12.0. The average molecular weight is 236 g/mol. The van der Waals surface area contributed by atoms with Crippen molar-refractivity contribution in [2.75, 3.05) is 13.8 Å². The fraction of sp³-hybridized carbons (Fsp3) is 0.400. The topological polar surface area (TPSA) is 55.5 Å². The summed E-state index contributed by atoms with van der Waals surface area (Å²) in [4.78, 5) is 0. The van der Waals surface area contributed by atoms with Crippen LogP contribution in [0.2, 0.25) is 0 Å². The van der Waals surface area contributed by atoms with Crippen LogP contribution in [0.15, 0.2) is 18.2 Å². The standard InChI is InChI=1S/C10H14FNO2.ClH/c1-14-10-3-2-7(6-9(10)13)8(12)4-5-11;/h2-3,6,8,13H,4-5,12H2,1H3;1H/t8-;/m0./s1. The highest BCUT2D eigenvalue weighted by atomic mass is 35.5. The Morgan fingerprint density at radius 2 is 2.20 bits per heavy atom. The highest BCUT2D eigenvalue weighted by Crippen LogP contribution is 2.28. The first-order valence-corrected chi connectivity index (χ1v) is 4.37. The number of ether oxygens (including phenoxy) is 1. The van der Waals surface area contributed by atoms with Crippen LogP contribution in [0, 0.1) is 0 Å². The van der Waals surface area contributed by atoms with Crippen molar-refractivity contribution in [2.45, 2.75) is 12.5 Å². The van der Waals surface area contributed by atoms with E-state index in [1.807, 2.05) is 0 Å². The van der Waals surface area contributed by atoms with Gasteiger partial charge in [0.15, 0.2) is 11.5 Å². The predicted molar refractivity (Wildman–Crippen MR) is 59.4 cm³/mol. The molecule has 1 rings (SSSR count). The van der Waals surface area contributed by atoms with Gasteiger partial charge in [0.2, 0.25) is 0 Å². The summed E-state index contributed by atoms with van der Waals surface area (Å²) in [6.07, 6.45) is 0.256. The van der Waals surface area contributed by atoms with Crippen LogP contribution in [0.5, 0.6) is 11.5 Å². The zero-order valence-corrected chi connectivity index (χ0v) is 9.26. The third-order valence-electron chi connectivity index (χ3n) is 2.05. The molecule has 0 bridgehead atoms. The summed E-state index contributed by atoms with van der Waals surface area (Å²) < 4.78 is 16.9. The molecule has 1 atom stereocenters. The number of hydrogen-bond donors (Lipinski definition) is 2. The van der Waals surface area contributed by atoms with Crippen LogP contribution < -0.4 is 10.5 Å². The van der Waals surface area contributed by atoms with E-state index in [-0.39, 0.29) is 30.6 Å². The molecule has 86 valence electrons. The Kier molecular flexibility index (Phi) is 6.05. The van der Waals surface area contributed by atoms with E-state index in [1.165, 1.54) is 13.2 Å². The largest absolute Gasteiger partial charge is 0.504 e. The quantitative estimate of drug-likeness (QED) is 0.841. The number of methoxy groups -OCH3 is 1. The minimum atomic E-state index is -0.464. The highest BCUT2D eigenvalue weighted by molar-refractivity contribution is 5.85. The molecule has 15 heavy (non-hydrogen) atoms. The number of phenols is 1. The number of hydrogen-bond acceptors (Lipinski definition) is 3. The molecule has 3 nitrogen and oxygen atoms in total. The van der Waals surface area contributed by atoms with Gasteiger partial charge >= 0.3 is 0 Å². The zero-order valence-electron chi connectivity index (χ0n) is 8.44. The lowest BCUT2D eigenvalue weighted by molar-refractivity contribution is 0.372. The Balaban J connectivity index is 0.00000196. The van der Waals surface area contributed by atoms with Crippen molar-refractivity contribution in [3.63, 3.8) is 0 Å². The molecule has 0 heterocycles. The smallest absolute Gasteiger partial charge is 0.160 e. The molecule has 1 aromatic rings. The van der Waals surface area contributed by atoms with Crippen LogP contribution in [-0.2, 0) is 0 Å². The van der Waals surface area contributed by atoms with Crippen molar-refractivity contribution in [1.82, 2.24) is 0 Å². The van der Waals surface area contributed by atoms with Crippen LogP contribution in [0.4, 0.5) is 4.39 Å². The van der Waals surface area contributed by atoms with Gasteiger partial charge in [-0.2, -0.15) is 0 Å². The Morgan fingerprint density at radius 3 is 2.67 bits per heavy atom. The van der Waals surface area contributed by atoms with Gasteiger partial charge in [-0.3, -0.25) is 4.39 Å². The van der Waals surface area contributed by atoms with Crippen LogP contribution in [0.3, 0.4) is 0 Å². The van der Waals surface area contributed by atoms with E-state index in [0.29, 0.717) is 11.3 Å². The molecular weight excluding hydrogens is 221 g/mol. The number of rotatable bonds is 4. The van der Waals surface area contributed by atoms with Crippen LogP contribution >= 0.6 is 12.4 Å². The fourth-order valence-electron chi connectivity index (χ4n) is 1.22. The van der Waals surface area contributed by atoms with E-state index >= 15 is 0 Å². The van der Waals surface area contributed by atoms with E-state index in [9.17, 15) is 9.50 Å². The second kappa shape index (κ2) is 6.48. The normalized spacial score (nSPS) is 11.7. The van der Waals surface area contributed by atoms with E-state index in [1.54, 1.807) is 12.1 Å². The van der Waals surface area contributed by atoms with Crippen molar-refractivity contribution in [3.8, 4) is 11.5 Å². The number of aromatic hydroxyl groups is 1. The molecule has 0 aliphatic carbocycles. The van der Waals surface area contributed by atoms with Gasteiger partial charge < -0.3 is 15.6 Å². The predicted octanol–water partition coefficient (Wildman–Crippen LogP) is 2.18. The Hall–Kier alpha value is -1.00. The summed E-state index contributed by atoms with van der Waals surface area (Å²) in [7, 11) is 1.47. The van der Waals surface area contributed by atoms with Gasteiger partial charge in [-0.25, -0.2) is 0 Å². The summed E-state index contributed by atoms with van der Waals surface area (Å²) in [6, 6.07) is 4.46. The summed E-state index contributed by atoms with van der Waals surface area (Å²) in [6.45, 7) is -0.464. The van der Waals surface area contributed by atoms with Gasteiger partial charge in [0, 0.05) is 6.04 Å². The summed E-state index contributed by atoms with van der Waals surface area (Å²) in [5, 5.41) is 9.43. The molecule has 1 aromatic carbocycles. The molecule has 0 spiro atoms. The maximum Gasteiger partial charge on any atom is 0.160 e. The number of benzene rings is 1. The van der Waals surface area contributed by atoms with Crippen molar-refractivity contribution < 1.29 is 14.2 Å². The van der Waals surface area contributed by atoms with Gasteiger partial charge in [0.05, 0.1) is 13.8 Å². The van der Waals surface area contributed by atoms with Crippen molar-refractivity contribution in [2.24, 2.45) is 5.73 Å². The minimum absolute atomic E-state index is 0. The Morgan fingerprint density at radius 1 is 1.53 bits per heavy atom.